The molecule has 7 nitrogen and oxygen atoms in total. The molecule has 0 saturated carbocycles. The molecule has 0 spiro atoms. The van der Waals surface area contributed by atoms with Crippen LogP contribution >= 0.6 is 0 Å². The number of benzene rings is 1. The van der Waals surface area contributed by atoms with Crippen molar-refractivity contribution in [1.29, 1.82) is 0 Å². The summed E-state index contributed by atoms with van der Waals surface area (Å²) in [4.78, 5) is 37.9. The Morgan fingerprint density at radius 3 is 2.79 bits per heavy atom. The summed E-state index contributed by atoms with van der Waals surface area (Å²) in [6.45, 7) is 7.76. The van der Waals surface area contributed by atoms with Gasteiger partial charge in [-0.05, 0) is 69.3 Å². The Morgan fingerprint density at radius 2 is 2.03 bits per heavy atom. The van der Waals surface area contributed by atoms with Crippen molar-refractivity contribution in [3.05, 3.63) is 34.9 Å². The Bertz CT molecular complexity index is 835. The molecule has 3 heterocycles. The molecule has 1 aromatic rings. The summed E-state index contributed by atoms with van der Waals surface area (Å²) < 4.78 is 0. The van der Waals surface area contributed by atoms with Crippen LogP contribution in [0.2, 0.25) is 0 Å². The van der Waals surface area contributed by atoms with E-state index in [9.17, 15) is 14.4 Å². The number of amides is 3. The third-order valence-corrected chi connectivity index (χ3v) is 6.31. The summed E-state index contributed by atoms with van der Waals surface area (Å²) in [5.41, 5.74) is 2.98. The molecule has 2 fully saturated rings. The third-order valence-electron chi connectivity index (χ3n) is 6.31. The molecule has 7 heteroatoms. The van der Waals surface area contributed by atoms with Gasteiger partial charge in [0, 0.05) is 30.6 Å². The first-order valence-corrected chi connectivity index (χ1v) is 10.5. The SMILES string of the molecule is CC1(C)CC(CNCc2ccc3c(c2)CN(C2CCC(=O)NC2=O)C3=O)CCN1. The van der Waals surface area contributed by atoms with Crippen LogP contribution in [0.5, 0.6) is 0 Å². The highest BCUT2D eigenvalue weighted by molar-refractivity contribution is 6.05. The Hall–Kier alpha value is -2.25. The number of hydrogen-bond donors (Lipinski definition) is 3. The minimum Gasteiger partial charge on any atom is -0.322 e. The van der Waals surface area contributed by atoms with Crippen LogP contribution in [-0.2, 0) is 22.7 Å². The van der Waals surface area contributed by atoms with Gasteiger partial charge in [-0.3, -0.25) is 19.7 Å². The average molecular weight is 399 g/mol. The number of nitrogens with zero attached hydrogens (tertiary/aromatic N) is 1. The monoisotopic (exact) mass is 398 g/mol. The van der Waals surface area contributed by atoms with Crippen LogP contribution in [-0.4, -0.2) is 47.3 Å². The van der Waals surface area contributed by atoms with Crippen LogP contribution in [0, 0.1) is 5.92 Å². The fourth-order valence-corrected chi connectivity index (χ4v) is 4.84. The molecule has 1 aromatic carbocycles. The third kappa shape index (κ3) is 4.36. The maximum Gasteiger partial charge on any atom is 0.255 e. The van der Waals surface area contributed by atoms with Gasteiger partial charge in [0.05, 0.1) is 0 Å². The molecule has 3 aliphatic rings. The number of hydrogen-bond acceptors (Lipinski definition) is 5. The average Bonchev–Trinajstić information content (AvgIpc) is 2.97. The smallest absolute Gasteiger partial charge is 0.255 e. The summed E-state index contributed by atoms with van der Waals surface area (Å²) in [6, 6.07) is 5.37. The molecule has 0 bridgehead atoms. The van der Waals surface area contributed by atoms with E-state index in [1.165, 1.54) is 12.8 Å². The lowest BCUT2D eigenvalue weighted by Crippen LogP contribution is -2.52. The van der Waals surface area contributed by atoms with Gasteiger partial charge in [0.25, 0.3) is 5.91 Å². The van der Waals surface area contributed by atoms with Crippen LogP contribution in [0.1, 0.15) is 61.0 Å². The lowest BCUT2D eigenvalue weighted by atomic mass is 9.84. The van der Waals surface area contributed by atoms with Crippen molar-refractivity contribution in [2.45, 2.75) is 64.2 Å². The minimum atomic E-state index is -0.558. The van der Waals surface area contributed by atoms with Crippen molar-refractivity contribution in [2.24, 2.45) is 5.92 Å². The van der Waals surface area contributed by atoms with Crippen LogP contribution in [0.15, 0.2) is 18.2 Å². The van der Waals surface area contributed by atoms with Gasteiger partial charge in [-0.2, -0.15) is 0 Å². The maximum atomic E-state index is 12.8. The molecule has 0 aromatic heterocycles. The molecule has 3 aliphatic heterocycles. The van der Waals surface area contributed by atoms with E-state index in [1.54, 1.807) is 4.90 Å². The number of piperidine rings is 2. The van der Waals surface area contributed by atoms with Crippen molar-refractivity contribution >= 4 is 17.7 Å². The second kappa shape index (κ2) is 7.88. The second-order valence-corrected chi connectivity index (χ2v) is 9.19. The highest BCUT2D eigenvalue weighted by Crippen LogP contribution is 2.28. The minimum absolute atomic E-state index is 0.119. The summed E-state index contributed by atoms with van der Waals surface area (Å²) in [6.07, 6.45) is 3.03. The second-order valence-electron chi connectivity index (χ2n) is 9.19. The lowest BCUT2D eigenvalue weighted by molar-refractivity contribution is -0.136. The van der Waals surface area contributed by atoms with Crippen molar-refractivity contribution in [3.8, 4) is 0 Å². The first kappa shape index (κ1) is 20.0. The largest absolute Gasteiger partial charge is 0.322 e. The van der Waals surface area contributed by atoms with Gasteiger partial charge in [0.2, 0.25) is 11.8 Å². The molecule has 3 amide bonds. The first-order chi connectivity index (χ1) is 13.8. The van der Waals surface area contributed by atoms with Crippen LogP contribution < -0.4 is 16.0 Å². The fraction of sp³-hybridized carbons (Fsp3) is 0.591. The van der Waals surface area contributed by atoms with E-state index in [4.69, 9.17) is 0 Å². The molecule has 2 atom stereocenters. The van der Waals surface area contributed by atoms with Gasteiger partial charge in [-0.25, -0.2) is 0 Å². The Morgan fingerprint density at radius 1 is 1.21 bits per heavy atom. The van der Waals surface area contributed by atoms with Crippen molar-refractivity contribution in [3.63, 3.8) is 0 Å². The molecule has 2 unspecified atom stereocenters. The summed E-state index contributed by atoms with van der Waals surface area (Å²) >= 11 is 0. The van der Waals surface area contributed by atoms with E-state index in [0.29, 0.717) is 24.4 Å². The van der Waals surface area contributed by atoms with Gasteiger partial charge in [0.1, 0.15) is 6.04 Å². The van der Waals surface area contributed by atoms with Gasteiger partial charge < -0.3 is 15.5 Å². The zero-order chi connectivity index (χ0) is 20.6. The van der Waals surface area contributed by atoms with E-state index in [-0.39, 0.29) is 29.7 Å². The zero-order valence-electron chi connectivity index (χ0n) is 17.2. The Labute approximate surface area is 171 Å². The predicted octanol–water partition coefficient (Wildman–Crippen LogP) is 1.32. The molecule has 0 aliphatic carbocycles. The zero-order valence-corrected chi connectivity index (χ0v) is 17.2. The molecule has 3 N–H and O–H groups in total. The first-order valence-electron chi connectivity index (χ1n) is 10.5. The molecular weight excluding hydrogens is 368 g/mol. The van der Waals surface area contributed by atoms with Gasteiger partial charge in [0.15, 0.2) is 0 Å². The van der Waals surface area contributed by atoms with Crippen LogP contribution in [0.25, 0.3) is 0 Å². The number of carbonyl (C=O) groups is 3. The highest BCUT2D eigenvalue weighted by Gasteiger charge is 2.39. The molecule has 0 radical (unpaired) electrons. The fourth-order valence-electron chi connectivity index (χ4n) is 4.84. The van der Waals surface area contributed by atoms with Crippen LogP contribution in [0.3, 0.4) is 0 Å². The summed E-state index contributed by atoms with van der Waals surface area (Å²) in [7, 11) is 0. The van der Waals surface area contributed by atoms with Gasteiger partial charge in [-0.15, -0.1) is 0 Å². The van der Waals surface area contributed by atoms with E-state index < -0.39 is 6.04 Å². The molecule has 2 saturated heterocycles. The normalized spacial score (nSPS) is 26.4. The Kier molecular flexibility index (Phi) is 5.44. The topological polar surface area (TPSA) is 90.5 Å². The van der Waals surface area contributed by atoms with E-state index in [0.717, 1.165) is 30.8 Å². The summed E-state index contributed by atoms with van der Waals surface area (Å²) in [5, 5.41) is 9.47. The number of imide groups is 1. The highest BCUT2D eigenvalue weighted by atomic mass is 16.2. The predicted molar refractivity (Wildman–Crippen MR) is 109 cm³/mol. The quantitative estimate of drug-likeness (QED) is 0.651. The number of carbonyl (C=O) groups excluding carboxylic acids is 3. The standard InChI is InChI=1S/C22H30N4O3/c1-22(2)10-15(7-8-24-22)12-23-11-14-3-4-17-16(9-14)13-26(21(17)29)18-5-6-19(27)25-20(18)28/h3-4,9,15,18,23-24H,5-8,10-13H2,1-2H3,(H,25,27,28). The molecule has 29 heavy (non-hydrogen) atoms. The number of rotatable bonds is 5. The Balaban J connectivity index is 1.35. The number of nitrogens with one attached hydrogen (secondary N) is 3. The molecule has 4 rings (SSSR count). The molecular formula is C22H30N4O3. The lowest BCUT2D eigenvalue weighted by Gasteiger charge is -2.36. The van der Waals surface area contributed by atoms with Gasteiger partial charge in [-0.1, -0.05) is 12.1 Å². The molecule has 156 valence electrons. The van der Waals surface area contributed by atoms with Crippen molar-refractivity contribution < 1.29 is 14.4 Å². The van der Waals surface area contributed by atoms with Crippen molar-refractivity contribution in [1.82, 2.24) is 20.9 Å². The number of fused-ring (bicyclic) bond motifs is 1. The van der Waals surface area contributed by atoms with E-state index in [2.05, 4.69) is 35.9 Å². The maximum absolute atomic E-state index is 12.8. The van der Waals surface area contributed by atoms with E-state index in [1.807, 2.05) is 12.1 Å². The van der Waals surface area contributed by atoms with Gasteiger partial charge >= 0.3 is 0 Å². The van der Waals surface area contributed by atoms with Crippen molar-refractivity contribution in [2.75, 3.05) is 13.1 Å². The summed E-state index contributed by atoms with van der Waals surface area (Å²) in [5.74, 6) is -0.0775. The van der Waals surface area contributed by atoms with Crippen LogP contribution in [0.4, 0.5) is 0 Å². The van der Waals surface area contributed by atoms with E-state index >= 15 is 0 Å².